The van der Waals surface area contributed by atoms with Crippen LogP contribution in [0, 0.1) is 20.8 Å². The Morgan fingerprint density at radius 3 is 2.31 bits per heavy atom. The maximum atomic E-state index is 6.16. The van der Waals surface area contributed by atoms with Crippen LogP contribution in [0.5, 0.6) is 0 Å². The number of aryl methyl sites for hydroxylation is 3. The highest BCUT2D eigenvalue weighted by Crippen LogP contribution is 2.40. The van der Waals surface area contributed by atoms with Crippen LogP contribution in [0.2, 0.25) is 0 Å². The Balaban J connectivity index is 1.56. The average Bonchev–Trinajstić information content (AvgIpc) is 3.32. The first-order valence-corrected chi connectivity index (χ1v) is 12.1. The summed E-state index contributed by atoms with van der Waals surface area (Å²) in [6, 6.07) is 29.9. The van der Waals surface area contributed by atoms with E-state index in [4.69, 9.17) is 4.42 Å². The molecule has 0 fully saturated rings. The second kappa shape index (κ2) is 8.94. The molecule has 0 radical (unpaired) electrons. The van der Waals surface area contributed by atoms with E-state index in [1.165, 1.54) is 33.4 Å². The number of hydrogen-bond donors (Lipinski definition) is 0. The molecule has 0 aliphatic carbocycles. The topological polar surface area (TPSA) is 38.9 Å². The number of aromatic nitrogens is 2. The van der Waals surface area contributed by atoms with Crippen molar-refractivity contribution in [3.8, 4) is 44.8 Å². The van der Waals surface area contributed by atoms with Gasteiger partial charge in [0, 0.05) is 35.1 Å². The quantitative estimate of drug-likeness (QED) is 0.260. The number of rotatable bonds is 4. The number of nitrogens with zero attached hydrogens (tertiary/aromatic N) is 2. The van der Waals surface area contributed by atoms with Gasteiger partial charge < -0.3 is 4.42 Å². The molecule has 3 aromatic heterocycles. The zero-order valence-corrected chi connectivity index (χ0v) is 20.6. The van der Waals surface area contributed by atoms with Crippen LogP contribution in [0.25, 0.3) is 55.8 Å². The molecule has 6 aromatic rings. The van der Waals surface area contributed by atoms with Crippen LogP contribution in [0.1, 0.15) is 16.7 Å². The molecular weight excluding hydrogens is 440 g/mol. The Morgan fingerprint density at radius 2 is 1.50 bits per heavy atom. The fourth-order valence-electron chi connectivity index (χ4n) is 4.90. The van der Waals surface area contributed by atoms with Crippen LogP contribution in [0.15, 0.2) is 108 Å². The van der Waals surface area contributed by atoms with Gasteiger partial charge in [0.15, 0.2) is 0 Å². The summed E-state index contributed by atoms with van der Waals surface area (Å²) in [6.07, 6.45) is 5.48. The van der Waals surface area contributed by atoms with Crippen LogP contribution in [-0.2, 0) is 0 Å². The fourth-order valence-corrected chi connectivity index (χ4v) is 4.90. The summed E-state index contributed by atoms with van der Waals surface area (Å²) >= 11 is 0. The van der Waals surface area contributed by atoms with Gasteiger partial charge in [0.2, 0.25) is 0 Å². The minimum atomic E-state index is 0.822. The van der Waals surface area contributed by atoms with Crippen molar-refractivity contribution in [3.63, 3.8) is 0 Å². The van der Waals surface area contributed by atoms with Crippen LogP contribution in [0.3, 0.4) is 0 Å². The lowest BCUT2D eigenvalue weighted by atomic mass is 9.87. The molecule has 174 valence electrons. The van der Waals surface area contributed by atoms with Crippen LogP contribution in [-0.4, -0.2) is 9.97 Å². The van der Waals surface area contributed by atoms with Gasteiger partial charge in [0.1, 0.15) is 11.3 Å². The van der Waals surface area contributed by atoms with Gasteiger partial charge in [-0.25, -0.2) is 0 Å². The molecule has 3 nitrogen and oxygen atoms in total. The molecule has 0 saturated heterocycles. The average molecular weight is 467 g/mol. The third-order valence-corrected chi connectivity index (χ3v) is 6.63. The van der Waals surface area contributed by atoms with E-state index < -0.39 is 0 Å². The largest absolute Gasteiger partial charge is 0.456 e. The SMILES string of the molecule is Cc1cccc(-c2c(C)cc(-c3cc(C)ccn3)cc2-c2ccc3oc(-c4cccnc4)cc3c2)c1. The minimum Gasteiger partial charge on any atom is -0.456 e. The Morgan fingerprint density at radius 1 is 0.639 bits per heavy atom. The first-order chi connectivity index (χ1) is 17.5. The summed E-state index contributed by atoms with van der Waals surface area (Å²) < 4.78 is 6.16. The van der Waals surface area contributed by atoms with Crippen molar-refractivity contribution in [3.05, 3.63) is 120 Å². The summed E-state index contributed by atoms with van der Waals surface area (Å²) in [5.41, 5.74) is 12.4. The van der Waals surface area contributed by atoms with Crippen LogP contribution < -0.4 is 0 Å². The normalized spacial score (nSPS) is 11.2. The van der Waals surface area contributed by atoms with Crippen LogP contribution in [0.4, 0.5) is 0 Å². The van der Waals surface area contributed by atoms with Gasteiger partial charge in [-0.3, -0.25) is 9.97 Å². The Bertz CT molecular complexity index is 1710. The van der Waals surface area contributed by atoms with Gasteiger partial charge in [0.05, 0.1) is 5.69 Å². The lowest BCUT2D eigenvalue weighted by molar-refractivity contribution is 0.631. The minimum absolute atomic E-state index is 0.822. The van der Waals surface area contributed by atoms with Gasteiger partial charge in [0.25, 0.3) is 0 Å². The summed E-state index contributed by atoms with van der Waals surface area (Å²) in [5, 5.41) is 1.07. The molecule has 3 heteroatoms. The second-order valence-corrected chi connectivity index (χ2v) is 9.41. The van der Waals surface area contributed by atoms with E-state index in [2.05, 4.69) is 97.5 Å². The highest BCUT2D eigenvalue weighted by atomic mass is 16.3. The fraction of sp³-hybridized carbons (Fsp3) is 0.0909. The third kappa shape index (κ3) is 4.09. The summed E-state index contributed by atoms with van der Waals surface area (Å²) in [7, 11) is 0. The molecule has 0 amide bonds. The summed E-state index contributed by atoms with van der Waals surface area (Å²) in [5.74, 6) is 0.822. The molecule has 0 unspecified atom stereocenters. The zero-order valence-electron chi connectivity index (χ0n) is 20.6. The first kappa shape index (κ1) is 22.0. The molecule has 3 heterocycles. The van der Waals surface area contributed by atoms with Crippen molar-refractivity contribution in [2.24, 2.45) is 0 Å². The Labute approximate surface area is 211 Å². The predicted octanol–water partition coefficient (Wildman–Crippen LogP) is 8.82. The van der Waals surface area contributed by atoms with E-state index in [1.807, 2.05) is 30.6 Å². The van der Waals surface area contributed by atoms with Crippen molar-refractivity contribution < 1.29 is 4.42 Å². The summed E-state index contributed by atoms with van der Waals surface area (Å²) in [6.45, 7) is 6.44. The van der Waals surface area contributed by atoms with E-state index >= 15 is 0 Å². The molecule has 0 atom stereocenters. The molecule has 0 aliphatic rings. The Kier molecular flexibility index (Phi) is 5.46. The van der Waals surface area contributed by atoms with E-state index in [1.54, 1.807) is 6.20 Å². The van der Waals surface area contributed by atoms with Crippen LogP contribution >= 0.6 is 0 Å². The van der Waals surface area contributed by atoms with E-state index in [9.17, 15) is 0 Å². The van der Waals surface area contributed by atoms with E-state index in [-0.39, 0.29) is 0 Å². The lowest BCUT2D eigenvalue weighted by Crippen LogP contribution is -1.93. The van der Waals surface area contributed by atoms with E-state index in [0.29, 0.717) is 0 Å². The standard InChI is InChI=1S/C33H26N2O/c1-21-6-4-7-25(14-21)33-23(3)16-27(30-15-22(2)11-13-35-30)18-29(33)24-9-10-31-28(17-24)19-32(36-31)26-8-5-12-34-20-26/h4-20H,1-3H3. The maximum absolute atomic E-state index is 6.16. The molecular formula is C33H26N2O. The van der Waals surface area contributed by atoms with E-state index in [0.717, 1.165) is 39.1 Å². The molecule has 0 N–H and O–H groups in total. The number of fused-ring (bicyclic) bond motifs is 1. The lowest BCUT2D eigenvalue weighted by Gasteiger charge is -2.17. The number of hydrogen-bond acceptors (Lipinski definition) is 3. The number of furan rings is 1. The Hall–Kier alpha value is -4.50. The van der Waals surface area contributed by atoms with Gasteiger partial charge in [-0.2, -0.15) is 0 Å². The predicted molar refractivity (Wildman–Crippen MR) is 148 cm³/mol. The summed E-state index contributed by atoms with van der Waals surface area (Å²) in [4.78, 5) is 8.91. The second-order valence-electron chi connectivity index (χ2n) is 9.41. The van der Waals surface area contributed by atoms with Gasteiger partial charge in [-0.05, 0) is 109 Å². The smallest absolute Gasteiger partial charge is 0.136 e. The van der Waals surface area contributed by atoms with Gasteiger partial charge >= 0.3 is 0 Å². The van der Waals surface area contributed by atoms with Crippen molar-refractivity contribution >= 4 is 11.0 Å². The van der Waals surface area contributed by atoms with Gasteiger partial charge in [-0.1, -0.05) is 35.9 Å². The highest BCUT2D eigenvalue weighted by Gasteiger charge is 2.16. The van der Waals surface area contributed by atoms with Crippen molar-refractivity contribution in [2.45, 2.75) is 20.8 Å². The highest BCUT2D eigenvalue weighted by molar-refractivity contribution is 5.93. The monoisotopic (exact) mass is 466 g/mol. The number of pyridine rings is 2. The molecule has 0 saturated carbocycles. The third-order valence-electron chi connectivity index (χ3n) is 6.63. The number of benzene rings is 3. The maximum Gasteiger partial charge on any atom is 0.136 e. The zero-order chi connectivity index (χ0) is 24.6. The van der Waals surface area contributed by atoms with Crippen molar-refractivity contribution in [1.29, 1.82) is 0 Å². The first-order valence-electron chi connectivity index (χ1n) is 12.1. The van der Waals surface area contributed by atoms with Gasteiger partial charge in [-0.15, -0.1) is 0 Å². The van der Waals surface area contributed by atoms with Crippen molar-refractivity contribution in [2.75, 3.05) is 0 Å². The molecule has 0 bridgehead atoms. The molecule has 0 spiro atoms. The molecule has 0 aliphatic heterocycles. The van der Waals surface area contributed by atoms with Crippen molar-refractivity contribution in [1.82, 2.24) is 9.97 Å². The molecule has 6 rings (SSSR count). The molecule has 3 aromatic carbocycles. The molecule has 36 heavy (non-hydrogen) atoms.